The molecular weight excluding hydrogens is 754 g/mol. The maximum atomic E-state index is 15.3. The van der Waals surface area contributed by atoms with Crippen molar-refractivity contribution < 1.29 is 76.5 Å². The van der Waals surface area contributed by atoms with Crippen molar-refractivity contribution in [3.8, 4) is 5.75 Å². The average Bonchev–Trinajstić information content (AvgIpc) is 3.07. The Morgan fingerprint density at radius 1 is 0.815 bits per heavy atom. The van der Waals surface area contributed by atoms with E-state index in [0.717, 1.165) is 7.11 Å². The normalized spacial score (nSPS) is 19.4. The van der Waals surface area contributed by atoms with Gasteiger partial charge in [-0.05, 0) is 92.6 Å². The lowest BCUT2D eigenvalue weighted by Gasteiger charge is -2.47. The van der Waals surface area contributed by atoms with Gasteiger partial charge in [-0.2, -0.15) is 43.9 Å². The summed E-state index contributed by atoms with van der Waals surface area (Å²) in [5, 5.41) is 2.41. The second kappa shape index (κ2) is 16.1. The number of halogens is 12. The highest BCUT2D eigenvalue weighted by molar-refractivity contribution is 5.95. The Morgan fingerprint density at radius 2 is 1.41 bits per heavy atom. The van der Waals surface area contributed by atoms with Crippen LogP contribution in [0, 0.1) is 11.7 Å². The first kappa shape index (κ1) is 42.3. The number of ether oxygens (including phenoxy) is 3. The molecule has 1 amide bonds. The molecule has 54 heavy (non-hydrogen) atoms. The molecule has 1 saturated carbocycles. The molecule has 0 bridgehead atoms. The predicted octanol–water partition coefficient (Wildman–Crippen LogP) is 9.69. The molecule has 296 valence electrons. The molecule has 4 atom stereocenters. The highest BCUT2D eigenvalue weighted by atomic mass is 19.4. The second-order valence-corrected chi connectivity index (χ2v) is 13.0. The molecule has 3 aromatic carbocycles. The number of hydrogen-bond donors (Lipinski definition) is 1. The van der Waals surface area contributed by atoms with Crippen molar-refractivity contribution in [2.75, 3.05) is 7.11 Å². The van der Waals surface area contributed by atoms with E-state index in [1.165, 1.54) is 24.3 Å². The van der Waals surface area contributed by atoms with Crippen molar-refractivity contribution in [3.05, 3.63) is 99.9 Å². The maximum Gasteiger partial charge on any atom is 0.461 e. The number of benzene rings is 3. The summed E-state index contributed by atoms with van der Waals surface area (Å²) in [6.07, 6.45) is -25.2. The first-order valence-corrected chi connectivity index (χ1v) is 16.2. The van der Waals surface area contributed by atoms with Gasteiger partial charge in [0.05, 0.1) is 41.5 Å². The Hall–Kier alpha value is -4.48. The van der Waals surface area contributed by atoms with Crippen LogP contribution >= 0.6 is 0 Å². The summed E-state index contributed by atoms with van der Waals surface area (Å²) in [5.41, 5.74) is -7.48. The Balaban J connectivity index is 2.02. The summed E-state index contributed by atoms with van der Waals surface area (Å²) >= 11 is 0. The van der Waals surface area contributed by atoms with Crippen LogP contribution in [-0.4, -0.2) is 49.9 Å². The fourth-order valence-corrected chi connectivity index (χ4v) is 6.37. The Labute approximate surface area is 300 Å². The van der Waals surface area contributed by atoms with Crippen molar-refractivity contribution in [1.29, 1.82) is 0 Å². The molecule has 0 heterocycles. The van der Waals surface area contributed by atoms with Crippen molar-refractivity contribution in [1.82, 2.24) is 5.32 Å². The smallest absolute Gasteiger partial charge is 0.461 e. The summed E-state index contributed by atoms with van der Waals surface area (Å²) in [6.45, 7) is 3.14. The van der Waals surface area contributed by atoms with Crippen LogP contribution in [0.1, 0.15) is 76.1 Å². The summed E-state index contributed by atoms with van der Waals surface area (Å²) in [5.74, 6) is -6.11. The molecule has 0 spiro atoms. The van der Waals surface area contributed by atoms with Gasteiger partial charge in [0, 0.05) is 18.1 Å². The fourth-order valence-electron chi connectivity index (χ4n) is 6.37. The van der Waals surface area contributed by atoms with E-state index in [1.54, 1.807) is 13.8 Å². The van der Waals surface area contributed by atoms with E-state index in [1.807, 2.05) is 0 Å². The van der Waals surface area contributed by atoms with Gasteiger partial charge < -0.3 is 19.5 Å². The van der Waals surface area contributed by atoms with Gasteiger partial charge in [-0.1, -0.05) is 12.1 Å². The number of esters is 1. The van der Waals surface area contributed by atoms with Gasteiger partial charge in [-0.15, -0.1) is 0 Å². The van der Waals surface area contributed by atoms with E-state index in [-0.39, 0.29) is 48.6 Å². The maximum absolute atomic E-state index is 15.3. The molecule has 1 fully saturated rings. The number of alkyl halides is 11. The SMILES string of the molecule is COC(=O)c1ccc(C[C@@](NC(=O)c2cc(C(F)(F)F)cc(C(F)(F)F)c2)(c2cc(F)cc(OC(F)(F)C(F)F)c2)C2CCC(F)C(OC(C)C)C2)cc1. The van der Waals surface area contributed by atoms with E-state index in [2.05, 4.69) is 14.8 Å². The first-order chi connectivity index (χ1) is 24.9. The number of rotatable bonds is 12. The molecule has 6 nitrogen and oxygen atoms in total. The zero-order chi connectivity index (χ0) is 40.4. The quantitative estimate of drug-likeness (QED) is 0.146. The molecule has 1 aliphatic rings. The summed E-state index contributed by atoms with van der Waals surface area (Å²) in [4.78, 5) is 26.2. The highest BCUT2D eigenvalue weighted by Gasteiger charge is 2.49. The third kappa shape index (κ3) is 9.98. The van der Waals surface area contributed by atoms with Crippen LogP contribution in [0.2, 0.25) is 0 Å². The molecule has 0 aliphatic heterocycles. The topological polar surface area (TPSA) is 73.9 Å². The number of hydrogen-bond acceptors (Lipinski definition) is 5. The number of carbonyl (C=O) groups excluding carboxylic acids is 2. The Morgan fingerprint density at radius 3 is 1.93 bits per heavy atom. The van der Waals surface area contributed by atoms with Gasteiger partial charge in [0.15, 0.2) is 0 Å². The molecule has 18 heteroatoms. The summed E-state index contributed by atoms with van der Waals surface area (Å²) < 4.78 is 182. The molecule has 0 radical (unpaired) electrons. The molecule has 3 aromatic rings. The molecule has 0 saturated heterocycles. The monoisotopic (exact) mass is 787 g/mol. The standard InChI is InChI=1S/C36H33F12NO5/c1-18(2)53-29-15-22(8-9-28(29)38)33(17-19-4-6-20(7-5-19)31(51)52-3,23-13-26(37)16-27(14-23)54-36(47,48)32(39)40)49-30(50)21-10-24(34(41,42)43)12-25(11-21)35(44,45)46/h4-7,10-14,16,18,22,28-29,32H,8-9,15,17H2,1-3H3,(H,49,50)/t22?,28?,29?,33-/m0/s1. The molecule has 4 rings (SSSR count). The van der Waals surface area contributed by atoms with Gasteiger partial charge in [-0.25, -0.2) is 13.6 Å². The molecule has 1 N–H and O–H groups in total. The number of nitrogens with one attached hydrogen (secondary N) is 1. The van der Waals surface area contributed by atoms with Crippen molar-refractivity contribution in [2.24, 2.45) is 5.92 Å². The minimum Gasteiger partial charge on any atom is -0.465 e. The van der Waals surface area contributed by atoms with Crippen molar-refractivity contribution in [3.63, 3.8) is 0 Å². The predicted molar refractivity (Wildman–Crippen MR) is 167 cm³/mol. The van der Waals surface area contributed by atoms with Crippen LogP contribution in [0.15, 0.2) is 60.7 Å². The Bertz CT molecular complexity index is 1760. The molecule has 0 aromatic heterocycles. The third-order valence-corrected chi connectivity index (χ3v) is 8.79. The minimum absolute atomic E-state index is 0.0125. The fraction of sp³-hybridized carbons (Fsp3) is 0.444. The first-order valence-electron chi connectivity index (χ1n) is 16.2. The van der Waals surface area contributed by atoms with Crippen LogP contribution < -0.4 is 10.1 Å². The van der Waals surface area contributed by atoms with Crippen LogP contribution in [-0.2, 0) is 33.8 Å². The van der Waals surface area contributed by atoms with Crippen molar-refractivity contribution >= 4 is 11.9 Å². The van der Waals surface area contributed by atoms with E-state index in [0.29, 0.717) is 18.2 Å². The lowest BCUT2D eigenvalue weighted by atomic mass is 9.67. The van der Waals surface area contributed by atoms with Gasteiger partial charge in [0.25, 0.3) is 5.91 Å². The van der Waals surface area contributed by atoms with Crippen molar-refractivity contribution in [2.45, 2.75) is 88.3 Å². The van der Waals surface area contributed by atoms with Gasteiger partial charge in [0.2, 0.25) is 0 Å². The zero-order valence-corrected chi connectivity index (χ0v) is 28.6. The van der Waals surface area contributed by atoms with E-state index >= 15 is 8.78 Å². The molecule has 1 aliphatic carbocycles. The average molecular weight is 788 g/mol. The second-order valence-electron chi connectivity index (χ2n) is 13.0. The van der Waals surface area contributed by atoms with E-state index < -0.39 is 107 Å². The zero-order valence-electron chi connectivity index (χ0n) is 28.6. The summed E-state index contributed by atoms with van der Waals surface area (Å²) in [6, 6.07) is 6.80. The third-order valence-electron chi connectivity index (χ3n) is 8.79. The Kier molecular flexibility index (Phi) is 12.6. The number of methoxy groups -OCH3 is 1. The van der Waals surface area contributed by atoms with Crippen LogP contribution in [0.25, 0.3) is 0 Å². The van der Waals surface area contributed by atoms with Gasteiger partial charge in [-0.3, -0.25) is 4.79 Å². The summed E-state index contributed by atoms with van der Waals surface area (Å²) in [7, 11) is 1.09. The van der Waals surface area contributed by atoms with E-state index in [4.69, 9.17) is 4.74 Å². The van der Waals surface area contributed by atoms with Crippen LogP contribution in [0.4, 0.5) is 52.7 Å². The minimum atomic E-state index is -5.37. The lowest BCUT2D eigenvalue weighted by Crippen LogP contribution is -2.55. The van der Waals surface area contributed by atoms with E-state index in [9.17, 15) is 53.5 Å². The molecular formula is C36H33F12NO5. The highest BCUT2D eigenvalue weighted by Crippen LogP contribution is 2.46. The van der Waals surface area contributed by atoms with Crippen LogP contribution in [0.3, 0.4) is 0 Å². The van der Waals surface area contributed by atoms with Crippen LogP contribution in [0.5, 0.6) is 5.75 Å². The lowest BCUT2D eigenvalue weighted by molar-refractivity contribution is -0.253. The van der Waals surface area contributed by atoms with Gasteiger partial charge in [0.1, 0.15) is 17.7 Å². The van der Waals surface area contributed by atoms with Gasteiger partial charge >= 0.3 is 30.9 Å². The number of amides is 1. The largest absolute Gasteiger partial charge is 0.465 e. The number of carbonyl (C=O) groups is 2. The molecule has 3 unspecified atom stereocenters.